The van der Waals surface area contributed by atoms with E-state index in [2.05, 4.69) is 0 Å². The van der Waals surface area contributed by atoms with Gasteiger partial charge in [0.05, 0.1) is 35.7 Å². The van der Waals surface area contributed by atoms with Crippen LogP contribution in [0.25, 0.3) is 0 Å². The van der Waals surface area contributed by atoms with E-state index < -0.39 is 19.7 Å². The lowest BCUT2D eigenvalue weighted by molar-refractivity contribution is -0.131. The van der Waals surface area contributed by atoms with Gasteiger partial charge in [0, 0.05) is 12.6 Å². The molecule has 0 aliphatic carbocycles. The molecule has 22 heavy (non-hydrogen) atoms. The maximum absolute atomic E-state index is 11.9. The van der Waals surface area contributed by atoms with Crippen molar-refractivity contribution in [3.05, 3.63) is 0 Å². The molecule has 2 atom stereocenters. The predicted octanol–water partition coefficient (Wildman–Crippen LogP) is -0.555. The molecular formula is C12H20ClNO6S2. The van der Waals surface area contributed by atoms with Crippen LogP contribution in [0.2, 0.25) is 0 Å². The van der Waals surface area contributed by atoms with E-state index >= 15 is 0 Å². The van der Waals surface area contributed by atoms with Crippen LogP contribution < -0.4 is 0 Å². The average molecular weight is 374 g/mol. The first kappa shape index (κ1) is 18.0. The van der Waals surface area contributed by atoms with Crippen LogP contribution in [-0.2, 0) is 29.2 Å². The molecule has 0 aromatic heterocycles. The van der Waals surface area contributed by atoms with Crippen molar-refractivity contribution in [3.63, 3.8) is 0 Å². The molecule has 10 heteroatoms. The fraction of sp³-hybridized carbons (Fsp3) is 0.917. The summed E-state index contributed by atoms with van der Waals surface area (Å²) < 4.78 is 51.3. The van der Waals surface area contributed by atoms with Crippen molar-refractivity contribution in [3.8, 4) is 0 Å². The Balaban J connectivity index is 1.87. The van der Waals surface area contributed by atoms with Gasteiger partial charge in [-0.25, -0.2) is 16.8 Å². The highest BCUT2D eigenvalue weighted by Gasteiger charge is 2.34. The molecule has 0 spiro atoms. The summed E-state index contributed by atoms with van der Waals surface area (Å²) in [7, 11) is -6.10. The number of nitrogens with zero attached hydrogens (tertiary/aromatic N) is 1. The van der Waals surface area contributed by atoms with Crippen molar-refractivity contribution in [1.29, 1.82) is 0 Å². The number of hydrogen-bond donors (Lipinski definition) is 0. The third kappa shape index (κ3) is 4.81. The predicted molar refractivity (Wildman–Crippen MR) is 82.5 cm³/mol. The van der Waals surface area contributed by atoms with E-state index in [1.54, 1.807) is 0 Å². The second-order valence-corrected chi connectivity index (χ2v) is 10.4. The number of carbonyl (C=O) groups excluding carboxylic acids is 1. The van der Waals surface area contributed by atoms with E-state index in [0.29, 0.717) is 12.8 Å². The van der Waals surface area contributed by atoms with Crippen molar-refractivity contribution in [1.82, 2.24) is 4.90 Å². The number of carbonyl (C=O) groups is 1. The number of rotatable bonds is 6. The molecule has 1 amide bonds. The molecule has 0 unspecified atom stereocenters. The number of alkyl halides is 1. The molecule has 2 aliphatic rings. The zero-order valence-corrected chi connectivity index (χ0v) is 14.5. The Morgan fingerprint density at radius 3 is 2.23 bits per heavy atom. The van der Waals surface area contributed by atoms with Crippen LogP contribution in [0.4, 0.5) is 0 Å². The van der Waals surface area contributed by atoms with Gasteiger partial charge in [0.1, 0.15) is 5.88 Å². The molecule has 0 saturated carbocycles. The van der Waals surface area contributed by atoms with Crippen LogP contribution in [0.15, 0.2) is 0 Å². The lowest BCUT2D eigenvalue weighted by atomic mass is 10.2. The normalized spacial score (nSPS) is 29.5. The molecule has 7 nitrogen and oxygen atoms in total. The number of amides is 1. The fourth-order valence-corrected chi connectivity index (χ4v) is 6.32. The van der Waals surface area contributed by atoms with Crippen LogP contribution in [0.5, 0.6) is 0 Å². The quantitative estimate of drug-likeness (QED) is 0.579. The lowest BCUT2D eigenvalue weighted by Crippen LogP contribution is -2.44. The van der Waals surface area contributed by atoms with Crippen LogP contribution in [-0.4, -0.2) is 81.8 Å². The zero-order valence-electron chi connectivity index (χ0n) is 12.1. The molecule has 0 radical (unpaired) electrons. The monoisotopic (exact) mass is 373 g/mol. The van der Waals surface area contributed by atoms with Gasteiger partial charge >= 0.3 is 0 Å². The summed E-state index contributed by atoms with van der Waals surface area (Å²) in [6, 6.07) is -0.368. The van der Waals surface area contributed by atoms with E-state index in [4.69, 9.17) is 16.3 Å². The Bertz CT molecular complexity index is 618. The first-order valence-corrected chi connectivity index (χ1v) is 11.3. The number of halogens is 1. The van der Waals surface area contributed by atoms with E-state index in [-0.39, 0.29) is 60.1 Å². The summed E-state index contributed by atoms with van der Waals surface area (Å²) in [6.07, 6.45) is 0.525. The third-order valence-corrected chi connectivity index (χ3v) is 7.68. The van der Waals surface area contributed by atoms with Crippen molar-refractivity contribution in [2.75, 3.05) is 42.0 Å². The van der Waals surface area contributed by atoms with Gasteiger partial charge in [-0.1, -0.05) is 0 Å². The maximum Gasteiger partial charge on any atom is 0.237 e. The van der Waals surface area contributed by atoms with Crippen molar-refractivity contribution < 1.29 is 26.4 Å². The smallest absolute Gasteiger partial charge is 0.237 e. The Kier molecular flexibility index (Phi) is 5.73. The van der Waals surface area contributed by atoms with E-state index in [0.717, 1.165) is 0 Å². The number of ether oxygens (including phenoxy) is 1. The summed E-state index contributed by atoms with van der Waals surface area (Å²) in [4.78, 5) is 13.3. The van der Waals surface area contributed by atoms with E-state index in [1.807, 2.05) is 0 Å². The van der Waals surface area contributed by atoms with Gasteiger partial charge in [0.2, 0.25) is 5.91 Å². The summed E-state index contributed by atoms with van der Waals surface area (Å²) >= 11 is 5.58. The van der Waals surface area contributed by atoms with Crippen LogP contribution in [0.3, 0.4) is 0 Å². The Labute approximate surface area is 135 Å². The minimum atomic E-state index is -3.10. The molecule has 2 fully saturated rings. The SMILES string of the molecule is O=C(CCl)N(CCO[C@H]1CCS(=O)(=O)C1)[C@H]1CCS(=O)(=O)C1. The fourth-order valence-electron chi connectivity index (χ4n) is 2.82. The third-order valence-electron chi connectivity index (χ3n) is 3.96. The molecule has 2 saturated heterocycles. The second-order valence-electron chi connectivity index (χ2n) is 5.67. The molecule has 0 aromatic carbocycles. The Morgan fingerprint density at radius 2 is 1.73 bits per heavy atom. The van der Waals surface area contributed by atoms with Gasteiger partial charge in [-0.2, -0.15) is 0 Å². The van der Waals surface area contributed by atoms with Gasteiger partial charge in [0.15, 0.2) is 19.7 Å². The second kappa shape index (κ2) is 7.02. The number of sulfone groups is 2. The standard InChI is InChI=1S/C12H20ClNO6S2/c13-7-12(15)14(10-1-5-21(16,17)8-10)3-4-20-11-2-6-22(18,19)9-11/h10-11H,1-9H2/t10-,11-/m0/s1. The van der Waals surface area contributed by atoms with E-state index in [9.17, 15) is 21.6 Å². The van der Waals surface area contributed by atoms with E-state index in [1.165, 1.54) is 4.90 Å². The zero-order chi connectivity index (χ0) is 16.4. The van der Waals surface area contributed by atoms with Crippen molar-refractivity contribution in [2.45, 2.75) is 25.0 Å². The number of hydrogen-bond acceptors (Lipinski definition) is 6. The van der Waals surface area contributed by atoms with Crippen LogP contribution >= 0.6 is 11.6 Å². The molecule has 0 N–H and O–H groups in total. The minimum Gasteiger partial charge on any atom is -0.375 e. The Hall–Kier alpha value is -0.380. The lowest BCUT2D eigenvalue weighted by Gasteiger charge is -2.28. The average Bonchev–Trinajstić information content (AvgIpc) is 2.96. The summed E-state index contributed by atoms with van der Waals surface area (Å²) in [5.74, 6) is -0.379. The summed E-state index contributed by atoms with van der Waals surface area (Å²) in [5, 5.41) is 0. The summed E-state index contributed by atoms with van der Waals surface area (Å²) in [6.45, 7) is 0.404. The molecule has 0 aromatic rings. The van der Waals surface area contributed by atoms with Crippen molar-refractivity contribution >= 4 is 37.2 Å². The van der Waals surface area contributed by atoms with Gasteiger partial charge in [0.25, 0.3) is 0 Å². The Morgan fingerprint density at radius 1 is 1.09 bits per heavy atom. The van der Waals surface area contributed by atoms with Crippen LogP contribution in [0.1, 0.15) is 12.8 Å². The topological polar surface area (TPSA) is 97.8 Å². The van der Waals surface area contributed by atoms with Gasteiger partial charge in [-0.05, 0) is 12.8 Å². The molecular weight excluding hydrogens is 354 g/mol. The van der Waals surface area contributed by atoms with Gasteiger partial charge in [-0.3, -0.25) is 4.79 Å². The first-order valence-electron chi connectivity index (χ1n) is 7.10. The molecule has 128 valence electrons. The highest BCUT2D eigenvalue weighted by Crippen LogP contribution is 2.19. The largest absolute Gasteiger partial charge is 0.375 e. The minimum absolute atomic E-state index is 0.00819. The van der Waals surface area contributed by atoms with Gasteiger partial charge in [-0.15, -0.1) is 11.6 Å². The van der Waals surface area contributed by atoms with Crippen molar-refractivity contribution in [2.24, 2.45) is 0 Å². The molecule has 2 rings (SSSR count). The van der Waals surface area contributed by atoms with Crippen LogP contribution in [0, 0.1) is 0 Å². The maximum atomic E-state index is 11.9. The highest BCUT2D eigenvalue weighted by atomic mass is 35.5. The summed E-state index contributed by atoms with van der Waals surface area (Å²) in [5.41, 5.74) is 0. The molecule has 2 heterocycles. The van der Waals surface area contributed by atoms with Gasteiger partial charge < -0.3 is 9.64 Å². The molecule has 2 aliphatic heterocycles. The first-order chi connectivity index (χ1) is 10.2. The highest BCUT2D eigenvalue weighted by molar-refractivity contribution is 7.91. The molecule has 0 bridgehead atoms.